The second-order valence-electron chi connectivity index (χ2n) is 3.98. The monoisotopic (exact) mass is 284 g/mol. The van der Waals surface area contributed by atoms with Crippen molar-refractivity contribution in [2.75, 3.05) is 13.4 Å². The third kappa shape index (κ3) is 2.61. The topological polar surface area (TPSA) is 74.6 Å². The molecule has 0 fully saturated rings. The zero-order valence-electron chi connectivity index (χ0n) is 11.1. The predicted molar refractivity (Wildman–Crippen MR) is 75.5 cm³/mol. The van der Waals surface area contributed by atoms with Gasteiger partial charge in [0.05, 0.1) is 13.4 Å². The van der Waals surface area contributed by atoms with Gasteiger partial charge in [-0.25, -0.2) is 4.98 Å². The number of hydrogen-bond acceptors (Lipinski definition) is 5. The lowest BCUT2D eigenvalue weighted by atomic mass is 10.2. The number of hydrogen-bond donors (Lipinski definition) is 0. The first kappa shape index (κ1) is 14.0. The summed E-state index contributed by atoms with van der Waals surface area (Å²) in [6.07, 6.45) is 3.49. The fourth-order valence-corrected chi connectivity index (χ4v) is 2.42. The zero-order chi connectivity index (χ0) is 14.5. The molecule has 0 amide bonds. The molecule has 20 heavy (non-hydrogen) atoms. The number of rotatable bonds is 4. The molecular weight excluding hydrogens is 272 g/mol. The van der Waals surface area contributed by atoms with Crippen LogP contribution in [0, 0.1) is 22.7 Å². The lowest BCUT2D eigenvalue weighted by molar-refractivity contribution is 0.404. The lowest BCUT2D eigenvalue weighted by Gasteiger charge is -2.09. The Balaban J connectivity index is 2.34. The van der Waals surface area contributed by atoms with Gasteiger partial charge in [0.1, 0.15) is 17.9 Å². The van der Waals surface area contributed by atoms with Gasteiger partial charge < -0.3 is 9.30 Å². The first-order valence-corrected chi connectivity index (χ1v) is 7.02. The molecule has 0 unspecified atom stereocenters. The van der Waals surface area contributed by atoms with Gasteiger partial charge in [0.15, 0.2) is 11.4 Å². The molecule has 0 N–H and O–H groups in total. The van der Waals surface area contributed by atoms with Crippen LogP contribution in [0.15, 0.2) is 29.4 Å². The van der Waals surface area contributed by atoms with Crippen LogP contribution in [0.3, 0.4) is 0 Å². The second-order valence-corrected chi connectivity index (χ2v) is 4.83. The molecule has 0 bridgehead atoms. The summed E-state index contributed by atoms with van der Waals surface area (Å²) in [5.41, 5.74) is 1.42. The Morgan fingerprint density at radius 1 is 1.35 bits per heavy atom. The molecule has 2 aromatic rings. The minimum absolute atomic E-state index is 0.153. The fraction of sp³-hybridized carbons (Fsp3) is 0.214. The van der Waals surface area contributed by atoms with Crippen LogP contribution in [0.2, 0.25) is 0 Å². The molecule has 0 spiro atoms. The highest BCUT2D eigenvalue weighted by molar-refractivity contribution is 7.98. The van der Waals surface area contributed by atoms with Crippen molar-refractivity contribution in [2.45, 2.75) is 11.4 Å². The van der Waals surface area contributed by atoms with Crippen LogP contribution >= 0.6 is 11.8 Å². The molecule has 1 heterocycles. The summed E-state index contributed by atoms with van der Waals surface area (Å²) < 4.78 is 6.99. The van der Waals surface area contributed by atoms with Gasteiger partial charge >= 0.3 is 0 Å². The summed E-state index contributed by atoms with van der Waals surface area (Å²) in [6.45, 7) is 0.475. The number of aromatic nitrogens is 2. The number of benzene rings is 1. The first-order valence-electron chi connectivity index (χ1n) is 5.79. The molecule has 5 nitrogen and oxygen atoms in total. The number of methoxy groups -OCH3 is 1. The van der Waals surface area contributed by atoms with Crippen molar-refractivity contribution < 1.29 is 4.74 Å². The molecule has 6 heteroatoms. The quantitative estimate of drug-likeness (QED) is 0.806. The number of nitrogens with zero attached hydrogens (tertiary/aromatic N) is 4. The van der Waals surface area contributed by atoms with Gasteiger partial charge in [0.2, 0.25) is 0 Å². The van der Waals surface area contributed by atoms with Gasteiger partial charge in [-0.3, -0.25) is 0 Å². The molecule has 0 saturated carbocycles. The number of thioether (sulfide) groups is 1. The molecule has 1 aromatic carbocycles. The normalized spacial score (nSPS) is 9.80. The average Bonchev–Trinajstić information content (AvgIpc) is 2.88. The van der Waals surface area contributed by atoms with Crippen molar-refractivity contribution >= 4 is 11.8 Å². The van der Waals surface area contributed by atoms with Crippen molar-refractivity contribution in [1.29, 1.82) is 10.5 Å². The Kier molecular flexibility index (Phi) is 4.29. The van der Waals surface area contributed by atoms with Gasteiger partial charge in [0.25, 0.3) is 0 Å². The molecule has 0 aliphatic rings. The third-order valence-corrected chi connectivity index (χ3v) is 3.63. The molecule has 0 radical (unpaired) electrons. The maximum atomic E-state index is 9.09. The molecular formula is C14H12N4OS. The van der Waals surface area contributed by atoms with E-state index in [-0.39, 0.29) is 11.4 Å². The summed E-state index contributed by atoms with van der Waals surface area (Å²) in [7, 11) is 1.63. The van der Waals surface area contributed by atoms with Crippen molar-refractivity contribution in [3.63, 3.8) is 0 Å². The number of ether oxygens (including phenoxy) is 1. The molecule has 0 saturated heterocycles. The highest BCUT2D eigenvalue weighted by Gasteiger charge is 2.11. The Morgan fingerprint density at radius 2 is 2.15 bits per heavy atom. The van der Waals surface area contributed by atoms with E-state index in [1.54, 1.807) is 23.4 Å². The summed E-state index contributed by atoms with van der Waals surface area (Å²) in [6, 6.07) is 9.80. The zero-order valence-corrected chi connectivity index (χ0v) is 11.9. The van der Waals surface area contributed by atoms with Crippen molar-refractivity contribution in [3.8, 4) is 17.9 Å². The summed E-state index contributed by atoms with van der Waals surface area (Å²) >= 11 is 1.61. The Labute approximate surface area is 121 Å². The third-order valence-electron chi connectivity index (χ3n) is 2.85. The lowest BCUT2D eigenvalue weighted by Crippen LogP contribution is -2.02. The van der Waals surface area contributed by atoms with Crippen molar-refractivity contribution in [1.82, 2.24) is 9.55 Å². The van der Waals surface area contributed by atoms with E-state index in [0.29, 0.717) is 6.54 Å². The van der Waals surface area contributed by atoms with E-state index in [1.165, 1.54) is 6.33 Å². The molecule has 0 atom stereocenters. The van der Waals surface area contributed by atoms with E-state index in [0.717, 1.165) is 16.2 Å². The standard InChI is InChI=1S/C14H12N4OS/c1-19-13-5-10(3-4-14(13)20-2)8-18-9-17-11(6-15)12(18)7-16/h3-5,9H,8H2,1-2H3. The Hall–Kier alpha value is -2.44. The highest BCUT2D eigenvalue weighted by Crippen LogP contribution is 2.28. The fourth-order valence-electron chi connectivity index (χ4n) is 1.88. The smallest absolute Gasteiger partial charge is 0.176 e. The van der Waals surface area contributed by atoms with Gasteiger partial charge in [0, 0.05) is 11.4 Å². The van der Waals surface area contributed by atoms with Gasteiger partial charge in [-0.15, -0.1) is 11.8 Å². The first-order chi connectivity index (χ1) is 9.73. The maximum absolute atomic E-state index is 9.09. The van der Waals surface area contributed by atoms with E-state index < -0.39 is 0 Å². The van der Waals surface area contributed by atoms with Gasteiger partial charge in [-0.1, -0.05) is 6.07 Å². The number of nitriles is 2. The number of imidazole rings is 1. The minimum atomic E-state index is 0.153. The maximum Gasteiger partial charge on any atom is 0.176 e. The Morgan fingerprint density at radius 3 is 2.75 bits per heavy atom. The van der Waals surface area contributed by atoms with Gasteiger partial charge in [-0.05, 0) is 24.0 Å². The van der Waals surface area contributed by atoms with E-state index in [9.17, 15) is 0 Å². The second kappa shape index (κ2) is 6.14. The predicted octanol–water partition coefficient (Wildman–Crippen LogP) is 2.41. The van der Waals surface area contributed by atoms with Crippen LogP contribution in [0.4, 0.5) is 0 Å². The average molecular weight is 284 g/mol. The largest absolute Gasteiger partial charge is 0.496 e. The van der Waals surface area contributed by atoms with Crippen LogP contribution in [-0.2, 0) is 6.54 Å². The Bertz CT molecular complexity index is 709. The summed E-state index contributed by atoms with van der Waals surface area (Å²) in [5.74, 6) is 0.800. The van der Waals surface area contributed by atoms with Crippen molar-refractivity contribution in [2.24, 2.45) is 0 Å². The molecule has 100 valence electrons. The van der Waals surface area contributed by atoms with Crippen LogP contribution in [0.25, 0.3) is 0 Å². The molecule has 0 aliphatic carbocycles. The van der Waals surface area contributed by atoms with Crippen LogP contribution in [-0.4, -0.2) is 22.9 Å². The van der Waals surface area contributed by atoms with Crippen LogP contribution in [0.5, 0.6) is 5.75 Å². The van der Waals surface area contributed by atoms with E-state index in [1.807, 2.05) is 36.6 Å². The highest BCUT2D eigenvalue weighted by atomic mass is 32.2. The van der Waals surface area contributed by atoms with Gasteiger partial charge in [-0.2, -0.15) is 10.5 Å². The summed E-state index contributed by atoms with van der Waals surface area (Å²) in [4.78, 5) is 4.98. The van der Waals surface area contributed by atoms with Crippen molar-refractivity contribution in [3.05, 3.63) is 41.5 Å². The minimum Gasteiger partial charge on any atom is -0.496 e. The SMILES string of the molecule is COc1cc(Cn2cnc(C#N)c2C#N)ccc1SC. The molecule has 2 rings (SSSR count). The van der Waals surface area contributed by atoms with Crippen LogP contribution < -0.4 is 4.74 Å². The molecule has 1 aromatic heterocycles. The van der Waals surface area contributed by atoms with Crippen LogP contribution in [0.1, 0.15) is 17.0 Å². The summed E-state index contributed by atoms with van der Waals surface area (Å²) in [5, 5.41) is 18.0. The van der Waals surface area contributed by atoms with E-state index in [2.05, 4.69) is 4.98 Å². The molecule has 0 aliphatic heterocycles. The van der Waals surface area contributed by atoms with E-state index in [4.69, 9.17) is 15.3 Å². The van der Waals surface area contributed by atoms with E-state index >= 15 is 0 Å².